The lowest BCUT2D eigenvalue weighted by atomic mass is 10.1. The van der Waals surface area contributed by atoms with E-state index in [4.69, 9.17) is 0 Å². The molecule has 2 aliphatic rings. The van der Waals surface area contributed by atoms with Gasteiger partial charge in [-0.05, 0) is 24.7 Å². The molecule has 0 radical (unpaired) electrons. The first-order valence-electron chi connectivity index (χ1n) is 9.15. The largest absolute Gasteiger partial charge is 0.416 e. The molecule has 1 amide bonds. The van der Waals surface area contributed by atoms with Crippen molar-refractivity contribution in [2.75, 3.05) is 61.0 Å². The second-order valence-corrected chi connectivity index (χ2v) is 8.79. The number of aliphatic imine (C=N–C) groups is 1. The number of hydrogen-bond donors (Lipinski definition) is 1. The van der Waals surface area contributed by atoms with Crippen molar-refractivity contribution in [2.45, 2.75) is 13.1 Å². The fourth-order valence-corrected chi connectivity index (χ4v) is 4.92. The van der Waals surface area contributed by atoms with Crippen molar-refractivity contribution >= 4 is 45.2 Å². The second-order valence-electron chi connectivity index (χ2n) is 6.48. The molecule has 3 rings (SSSR count). The average Bonchev–Trinajstić information content (AvgIpc) is 3.19. The highest BCUT2D eigenvalue weighted by Gasteiger charge is 2.32. The summed E-state index contributed by atoms with van der Waals surface area (Å²) >= 11 is 2.92. The van der Waals surface area contributed by atoms with Gasteiger partial charge >= 0.3 is 6.18 Å². The third-order valence-electron chi connectivity index (χ3n) is 4.64. The summed E-state index contributed by atoms with van der Waals surface area (Å²) in [7, 11) is 0. The number of carbonyl (C=O) groups is 1. The molecule has 2 aliphatic heterocycles. The van der Waals surface area contributed by atoms with Crippen molar-refractivity contribution in [3.8, 4) is 0 Å². The summed E-state index contributed by atoms with van der Waals surface area (Å²) in [5, 5.41) is 2.69. The molecule has 1 N–H and O–H groups in total. The summed E-state index contributed by atoms with van der Waals surface area (Å²) in [6.07, 6.45) is -4.46. The SMILES string of the molecule is CCN1CCN(c2ccc(C(F)(F)F)cc2NC(=O)CSC2=NCCS2)CC1. The van der Waals surface area contributed by atoms with Crippen LogP contribution in [-0.4, -0.2) is 66.0 Å². The number of piperazine rings is 1. The van der Waals surface area contributed by atoms with Crippen LogP contribution in [0.2, 0.25) is 0 Å². The van der Waals surface area contributed by atoms with E-state index in [9.17, 15) is 18.0 Å². The molecule has 154 valence electrons. The number of alkyl halides is 3. The zero-order chi connectivity index (χ0) is 20.1. The predicted octanol–water partition coefficient (Wildman–Crippen LogP) is 3.62. The minimum absolute atomic E-state index is 0.130. The minimum Gasteiger partial charge on any atom is -0.367 e. The Bertz CT molecular complexity index is 734. The quantitative estimate of drug-likeness (QED) is 0.770. The zero-order valence-corrected chi connectivity index (χ0v) is 17.2. The Morgan fingerprint density at radius 3 is 2.64 bits per heavy atom. The molecule has 0 aliphatic carbocycles. The Morgan fingerprint density at radius 2 is 2.04 bits per heavy atom. The van der Waals surface area contributed by atoms with E-state index < -0.39 is 11.7 Å². The smallest absolute Gasteiger partial charge is 0.367 e. The maximum atomic E-state index is 13.2. The molecule has 0 atom stereocenters. The van der Waals surface area contributed by atoms with Gasteiger partial charge in [-0.2, -0.15) is 13.2 Å². The van der Waals surface area contributed by atoms with E-state index in [-0.39, 0.29) is 17.3 Å². The van der Waals surface area contributed by atoms with E-state index in [0.717, 1.165) is 48.4 Å². The van der Waals surface area contributed by atoms with Gasteiger partial charge in [-0.3, -0.25) is 9.79 Å². The lowest BCUT2D eigenvalue weighted by Crippen LogP contribution is -2.46. The van der Waals surface area contributed by atoms with Gasteiger partial charge in [0.1, 0.15) is 4.38 Å². The number of rotatable bonds is 5. The maximum absolute atomic E-state index is 13.2. The first-order valence-corrected chi connectivity index (χ1v) is 11.1. The molecule has 0 aromatic heterocycles. The standard InChI is InChI=1S/C18H23F3N4OS2/c1-2-24-6-8-25(9-7-24)15-4-3-13(18(19,20)21)11-14(15)23-16(26)12-28-17-22-5-10-27-17/h3-4,11H,2,5-10,12H2,1H3,(H,23,26). The van der Waals surface area contributed by atoms with Crippen molar-refractivity contribution < 1.29 is 18.0 Å². The highest BCUT2D eigenvalue weighted by molar-refractivity contribution is 8.39. The summed E-state index contributed by atoms with van der Waals surface area (Å²) in [6.45, 7) is 6.90. The van der Waals surface area contributed by atoms with Gasteiger partial charge in [0.15, 0.2) is 0 Å². The molecule has 1 aromatic rings. The fraction of sp³-hybridized carbons (Fsp3) is 0.556. The topological polar surface area (TPSA) is 47.9 Å². The van der Waals surface area contributed by atoms with Crippen LogP contribution in [0.4, 0.5) is 24.5 Å². The molecular formula is C18H23F3N4OS2. The van der Waals surface area contributed by atoms with Crippen molar-refractivity contribution in [1.82, 2.24) is 4.90 Å². The summed E-state index contributed by atoms with van der Waals surface area (Å²) in [5.74, 6) is 0.712. The number of nitrogens with zero attached hydrogens (tertiary/aromatic N) is 3. The van der Waals surface area contributed by atoms with Crippen LogP contribution < -0.4 is 10.2 Å². The average molecular weight is 433 g/mol. The minimum atomic E-state index is -4.46. The Morgan fingerprint density at radius 1 is 1.29 bits per heavy atom. The summed E-state index contributed by atoms with van der Waals surface area (Å²) < 4.78 is 40.4. The summed E-state index contributed by atoms with van der Waals surface area (Å²) in [4.78, 5) is 20.9. The van der Waals surface area contributed by atoms with Crippen molar-refractivity contribution in [2.24, 2.45) is 4.99 Å². The monoisotopic (exact) mass is 432 g/mol. The number of likely N-dealkylation sites (N-methyl/N-ethyl adjacent to an activating group) is 1. The van der Waals surface area contributed by atoms with Crippen LogP contribution in [0.3, 0.4) is 0 Å². The van der Waals surface area contributed by atoms with E-state index >= 15 is 0 Å². The molecule has 10 heteroatoms. The molecule has 0 spiro atoms. The van der Waals surface area contributed by atoms with Gasteiger partial charge in [-0.15, -0.1) is 0 Å². The summed E-state index contributed by atoms with van der Waals surface area (Å²) in [6, 6.07) is 3.58. The lowest BCUT2D eigenvalue weighted by molar-refractivity contribution is -0.137. The number of benzene rings is 1. The van der Waals surface area contributed by atoms with Gasteiger partial charge < -0.3 is 15.1 Å². The van der Waals surface area contributed by atoms with Crippen LogP contribution in [0.25, 0.3) is 0 Å². The molecule has 1 saturated heterocycles. The molecular weight excluding hydrogens is 409 g/mol. The number of nitrogens with one attached hydrogen (secondary N) is 1. The number of amides is 1. The molecule has 0 saturated carbocycles. The second kappa shape index (κ2) is 9.41. The number of halogens is 3. The molecule has 1 aromatic carbocycles. The Hall–Kier alpha value is -1.39. The molecule has 28 heavy (non-hydrogen) atoms. The van der Waals surface area contributed by atoms with Gasteiger partial charge in [0.05, 0.1) is 29.2 Å². The van der Waals surface area contributed by atoms with Crippen LogP contribution in [0, 0.1) is 0 Å². The van der Waals surface area contributed by atoms with Crippen molar-refractivity contribution in [1.29, 1.82) is 0 Å². The van der Waals surface area contributed by atoms with E-state index in [2.05, 4.69) is 22.1 Å². The first kappa shape index (κ1) is 21.3. The van der Waals surface area contributed by atoms with Crippen molar-refractivity contribution in [3.05, 3.63) is 23.8 Å². The number of carbonyl (C=O) groups excluding carboxylic acids is 1. The van der Waals surface area contributed by atoms with Gasteiger partial charge in [0, 0.05) is 31.9 Å². The van der Waals surface area contributed by atoms with Crippen molar-refractivity contribution in [3.63, 3.8) is 0 Å². The van der Waals surface area contributed by atoms with E-state index in [1.165, 1.54) is 17.8 Å². The molecule has 5 nitrogen and oxygen atoms in total. The lowest BCUT2D eigenvalue weighted by Gasteiger charge is -2.36. The van der Waals surface area contributed by atoms with E-state index in [0.29, 0.717) is 18.8 Å². The van der Waals surface area contributed by atoms with Crippen LogP contribution >= 0.6 is 23.5 Å². The molecule has 0 unspecified atom stereocenters. The molecule has 1 fully saturated rings. The van der Waals surface area contributed by atoms with Gasteiger partial charge in [-0.25, -0.2) is 0 Å². The third kappa shape index (κ3) is 5.57. The van der Waals surface area contributed by atoms with Gasteiger partial charge in [0.25, 0.3) is 0 Å². The van der Waals surface area contributed by atoms with Crippen LogP contribution in [-0.2, 0) is 11.0 Å². The van der Waals surface area contributed by atoms with Gasteiger partial charge in [0.2, 0.25) is 5.91 Å². The third-order valence-corrected chi connectivity index (χ3v) is 6.90. The van der Waals surface area contributed by atoms with Gasteiger partial charge in [-0.1, -0.05) is 30.4 Å². The van der Waals surface area contributed by atoms with E-state index in [1.54, 1.807) is 11.8 Å². The van der Waals surface area contributed by atoms with Crippen LogP contribution in [0.1, 0.15) is 12.5 Å². The molecule has 2 heterocycles. The number of thioether (sulfide) groups is 2. The van der Waals surface area contributed by atoms with Crippen LogP contribution in [0.5, 0.6) is 0 Å². The Labute approximate surface area is 171 Å². The van der Waals surface area contributed by atoms with E-state index in [1.807, 2.05) is 4.90 Å². The molecule has 0 bridgehead atoms. The number of anilines is 2. The fourth-order valence-electron chi connectivity index (χ4n) is 3.11. The highest BCUT2D eigenvalue weighted by atomic mass is 32.2. The number of hydrogen-bond acceptors (Lipinski definition) is 6. The predicted molar refractivity (Wildman–Crippen MR) is 112 cm³/mol. The van der Waals surface area contributed by atoms with Crippen LogP contribution in [0.15, 0.2) is 23.2 Å². The summed E-state index contributed by atoms with van der Waals surface area (Å²) in [5.41, 5.74) is 0.0863. The first-order chi connectivity index (χ1) is 13.4. The Balaban J connectivity index is 1.74. The highest BCUT2D eigenvalue weighted by Crippen LogP contribution is 2.36. The normalized spacial score (nSPS) is 18.3. The Kier molecular flexibility index (Phi) is 7.16. The maximum Gasteiger partial charge on any atom is 0.416 e. The zero-order valence-electron chi connectivity index (χ0n) is 15.6.